The third-order valence-electron chi connectivity index (χ3n) is 3.70. The van der Waals surface area contributed by atoms with Crippen LogP contribution in [0.3, 0.4) is 0 Å². The van der Waals surface area contributed by atoms with Gasteiger partial charge in [-0.3, -0.25) is 0 Å². The van der Waals surface area contributed by atoms with Gasteiger partial charge in [0.2, 0.25) is 5.89 Å². The number of para-hydroxylation sites is 1. The molecule has 0 aliphatic carbocycles. The predicted octanol–water partition coefficient (Wildman–Crippen LogP) is 4.64. The minimum Gasteiger partial charge on any atom is -0.455 e. The average molecular weight is 397 g/mol. The standard InChI is InChI=1S/C19H15N3O3S2/c1-12-20-17(22-25-12)11-26-15-8-4-2-6-13(15)19(23)24-10-18-21-14-7-3-5-9-16(14)27-18/h2-9H,10-11H2,1H3. The monoisotopic (exact) mass is 397 g/mol. The van der Waals surface area contributed by atoms with E-state index in [0.29, 0.717) is 23.0 Å². The summed E-state index contributed by atoms with van der Waals surface area (Å²) in [7, 11) is 0. The molecule has 0 unspecified atom stereocenters. The van der Waals surface area contributed by atoms with Crippen molar-refractivity contribution in [2.45, 2.75) is 24.2 Å². The van der Waals surface area contributed by atoms with Gasteiger partial charge in [0, 0.05) is 11.8 Å². The molecule has 0 N–H and O–H groups in total. The Morgan fingerprint density at radius 1 is 1.15 bits per heavy atom. The molecular formula is C19H15N3O3S2. The molecule has 4 rings (SSSR count). The Labute approximate surface area is 163 Å². The molecule has 2 aromatic heterocycles. The molecule has 0 saturated heterocycles. The number of fused-ring (bicyclic) bond motifs is 1. The third-order valence-corrected chi connectivity index (χ3v) is 5.78. The molecule has 0 bridgehead atoms. The maximum absolute atomic E-state index is 12.6. The molecule has 6 nitrogen and oxygen atoms in total. The molecule has 27 heavy (non-hydrogen) atoms. The SMILES string of the molecule is Cc1nc(CSc2ccccc2C(=O)OCc2nc3ccccc3s2)no1. The van der Waals surface area contributed by atoms with Gasteiger partial charge in [0.1, 0.15) is 11.6 Å². The number of esters is 1. The Morgan fingerprint density at radius 2 is 1.96 bits per heavy atom. The highest BCUT2D eigenvalue weighted by molar-refractivity contribution is 7.98. The van der Waals surface area contributed by atoms with Crippen LogP contribution < -0.4 is 0 Å². The van der Waals surface area contributed by atoms with Gasteiger partial charge in [-0.1, -0.05) is 29.4 Å². The molecular weight excluding hydrogens is 382 g/mol. The fourth-order valence-corrected chi connectivity index (χ4v) is 4.25. The van der Waals surface area contributed by atoms with Crippen LogP contribution in [0.2, 0.25) is 0 Å². The van der Waals surface area contributed by atoms with E-state index in [9.17, 15) is 4.79 Å². The zero-order valence-electron chi connectivity index (χ0n) is 14.4. The maximum Gasteiger partial charge on any atom is 0.339 e. The number of hydrogen-bond acceptors (Lipinski definition) is 8. The smallest absolute Gasteiger partial charge is 0.339 e. The normalized spacial score (nSPS) is 11.0. The van der Waals surface area contributed by atoms with Crippen molar-refractivity contribution in [3.05, 3.63) is 70.8 Å². The summed E-state index contributed by atoms with van der Waals surface area (Å²) < 4.78 is 11.5. The van der Waals surface area contributed by atoms with E-state index < -0.39 is 0 Å². The Morgan fingerprint density at radius 3 is 2.78 bits per heavy atom. The highest BCUT2D eigenvalue weighted by atomic mass is 32.2. The van der Waals surface area contributed by atoms with Gasteiger partial charge >= 0.3 is 5.97 Å². The van der Waals surface area contributed by atoms with Crippen molar-refractivity contribution < 1.29 is 14.1 Å². The van der Waals surface area contributed by atoms with Gasteiger partial charge in [-0.2, -0.15) is 4.98 Å². The lowest BCUT2D eigenvalue weighted by Crippen LogP contribution is -2.06. The van der Waals surface area contributed by atoms with Crippen LogP contribution in [-0.2, 0) is 17.1 Å². The number of hydrogen-bond donors (Lipinski definition) is 0. The number of benzene rings is 2. The van der Waals surface area contributed by atoms with Gasteiger partial charge in [0.25, 0.3) is 0 Å². The minimum absolute atomic E-state index is 0.154. The van der Waals surface area contributed by atoms with E-state index in [1.54, 1.807) is 13.0 Å². The van der Waals surface area contributed by atoms with Crippen molar-refractivity contribution in [2.24, 2.45) is 0 Å². The van der Waals surface area contributed by atoms with E-state index in [2.05, 4.69) is 15.1 Å². The summed E-state index contributed by atoms with van der Waals surface area (Å²) >= 11 is 3.00. The average Bonchev–Trinajstić information content (AvgIpc) is 3.30. The first-order chi connectivity index (χ1) is 13.2. The Hall–Kier alpha value is -2.71. The van der Waals surface area contributed by atoms with Crippen molar-refractivity contribution >= 4 is 39.3 Å². The van der Waals surface area contributed by atoms with Crippen molar-refractivity contribution in [3.8, 4) is 0 Å². The molecule has 136 valence electrons. The molecule has 4 aromatic rings. The molecule has 2 heterocycles. The predicted molar refractivity (Wildman–Crippen MR) is 104 cm³/mol. The molecule has 0 atom stereocenters. The lowest BCUT2D eigenvalue weighted by Gasteiger charge is -2.07. The van der Waals surface area contributed by atoms with Crippen LogP contribution in [-0.4, -0.2) is 21.1 Å². The number of thiazole rings is 1. The van der Waals surface area contributed by atoms with Crippen LogP contribution in [0.4, 0.5) is 0 Å². The molecule has 0 aliphatic rings. The largest absolute Gasteiger partial charge is 0.455 e. The topological polar surface area (TPSA) is 78.1 Å². The van der Waals surface area contributed by atoms with Crippen molar-refractivity contribution in [1.82, 2.24) is 15.1 Å². The van der Waals surface area contributed by atoms with E-state index in [-0.39, 0.29) is 12.6 Å². The summed E-state index contributed by atoms with van der Waals surface area (Å²) in [5, 5.41) is 4.65. The number of carbonyl (C=O) groups is 1. The summed E-state index contributed by atoms with van der Waals surface area (Å²) in [6, 6.07) is 15.2. The highest BCUT2D eigenvalue weighted by Crippen LogP contribution is 2.27. The number of aromatic nitrogens is 3. The summed E-state index contributed by atoms with van der Waals surface area (Å²) in [6.07, 6.45) is 0. The van der Waals surface area contributed by atoms with E-state index in [1.165, 1.54) is 23.1 Å². The second-order valence-electron chi connectivity index (χ2n) is 5.67. The van der Waals surface area contributed by atoms with Crippen molar-refractivity contribution in [3.63, 3.8) is 0 Å². The van der Waals surface area contributed by atoms with Crippen LogP contribution >= 0.6 is 23.1 Å². The minimum atomic E-state index is -0.373. The number of aryl methyl sites for hydroxylation is 1. The Kier molecular flexibility index (Phi) is 5.17. The first kappa shape index (κ1) is 17.7. The van der Waals surface area contributed by atoms with Crippen LogP contribution in [0, 0.1) is 6.92 Å². The van der Waals surface area contributed by atoms with Gasteiger partial charge in [0.15, 0.2) is 5.82 Å². The summed E-state index contributed by atoms with van der Waals surface area (Å²) in [4.78, 5) is 22.0. The summed E-state index contributed by atoms with van der Waals surface area (Å²) in [6.45, 7) is 1.90. The molecule has 0 radical (unpaired) electrons. The molecule has 0 aliphatic heterocycles. The first-order valence-corrected chi connectivity index (χ1v) is 10.0. The van der Waals surface area contributed by atoms with Gasteiger partial charge < -0.3 is 9.26 Å². The quantitative estimate of drug-likeness (QED) is 0.346. The molecule has 8 heteroatoms. The number of ether oxygens (including phenoxy) is 1. The van der Waals surface area contributed by atoms with Crippen LogP contribution in [0.15, 0.2) is 57.9 Å². The van der Waals surface area contributed by atoms with E-state index in [4.69, 9.17) is 9.26 Å². The van der Waals surface area contributed by atoms with Crippen LogP contribution in [0.5, 0.6) is 0 Å². The van der Waals surface area contributed by atoms with Crippen LogP contribution in [0.25, 0.3) is 10.2 Å². The Bertz CT molecular complexity index is 1060. The van der Waals surface area contributed by atoms with Gasteiger partial charge in [-0.05, 0) is 24.3 Å². The fraction of sp³-hybridized carbons (Fsp3) is 0.158. The second-order valence-corrected chi connectivity index (χ2v) is 7.80. The number of carbonyl (C=O) groups excluding carboxylic acids is 1. The lowest BCUT2D eigenvalue weighted by molar-refractivity contribution is 0.0468. The van der Waals surface area contributed by atoms with Gasteiger partial charge in [0.05, 0.1) is 21.5 Å². The van der Waals surface area contributed by atoms with E-state index >= 15 is 0 Å². The molecule has 0 amide bonds. The van der Waals surface area contributed by atoms with Crippen LogP contribution in [0.1, 0.15) is 27.1 Å². The van der Waals surface area contributed by atoms with Gasteiger partial charge in [-0.15, -0.1) is 23.1 Å². The lowest BCUT2D eigenvalue weighted by atomic mass is 10.2. The Balaban J connectivity index is 1.43. The summed E-state index contributed by atoms with van der Waals surface area (Å²) in [5.41, 5.74) is 1.43. The zero-order chi connectivity index (χ0) is 18.6. The van der Waals surface area contributed by atoms with Crippen molar-refractivity contribution in [1.29, 1.82) is 0 Å². The van der Waals surface area contributed by atoms with E-state index in [1.807, 2.05) is 42.5 Å². The van der Waals surface area contributed by atoms with Gasteiger partial charge in [-0.25, -0.2) is 9.78 Å². The number of nitrogens with zero attached hydrogens (tertiary/aromatic N) is 3. The molecule has 2 aromatic carbocycles. The van der Waals surface area contributed by atoms with Crippen molar-refractivity contribution in [2.75, 3.05) is 0 Å². The zero-order valence-corrected chi connectivity index (χ0v) is 16.0. The number of rotatable bonds is 6. The highest BCUT2D eigenvalue weighted by Gasteiger charge is 2.15. The van der Waals surface area contributed by atoms with E-state index in [0.717, 1.165) is 20.1 Å². The summed E-state index contributed by atoms with van der Waals surface area (Å²) in [5.74, 6) is 1.25. The number of thioether (sulfide) groups is 1. The third kappa shape index (κ3) is 4.17. The molecule has 0 saturated carbocycles. The first-order valence-electron chi connectivity index (χ1n) is 8.21. The molecule has 0 fully saturated rings. The maximum atomic E-state index is 12.6. The fourth-order valence-electron chi connectivity index (χ4n) is 2.49. The second kappa shape index (κ2) is 7.89. The molecule has 0 spiro atoms.